The van der Waals surface area contributed by atoms with Crippen LogP contribution in [0, 0.1) is 28.9 Å². The molecule has 1 aliphatic carbocycles. The second-order valence-corrected chi connectivity index (χ2v) is 10.7. The second-order valence-electron chi connectivity index (χ2n) is 8.80. The molecule has 0 atom stereocenters. The lowest BCUT2D eigenvalue weighted by molar-refractivity contribution is -0.385. The number of nitrogens with zero attached hydrogens (tertiary/aromatic N) is 2. The Morgan fingerprint density at radius 2 is 1.55 bits per heavy atom. The van der Waals surface area contributed by atoms with Crippen LogP contribution in [0.25, 0.3) is 0 Å². The SMILES string of the molecule is Cc1ccc([N+](=O)[O-])cc1S(=O)(=O)N1CCC(C(=O)NCCNC(=O)C2CCCCC2)CC1. The predicted molar refractivity (Wildman–Crippen MR) is 122 cm³/mol. The van der Waals surface area contributed by atoms with Gasteiger partial charge >= 0.3 is 0 Å². The molecule has 11 heteroatoms. The van der Waals surface area contributed by atoms with E-state index in [-0.39, 0.29) is 47.3 Å². The molecule has 0 bridgehead atoms. The summed E-state index contributed by atoms with van der Waals surface area (Å²) in [5.41, 5.74) is 0.166. The molecule has 0 aromatic heterocycles. The molecule has 1 aromatic carbocycles. The standard InChI is InChI=1S/C22H32N4O6S/c1-16-7-8-19(26(29)30)15-20(16)33(31,32)25-13-9-18(10-14-25)22(28)24-12-11-23-21(27)17-5-3-2-4-6-17/h7-8,15,17-18H,2-6,9-14H2,1H3,(H,23,27)(H,24,28). The van der Waals surface area contributed by atoms with Crippen LogP contribution in [0.15, 0.2) is 23.1 Å². The number of nitro groups is 1. The maximum atomic E-state index is 13.0. The van der Waals surface area contributed by atoms with Crippen LogP contribution in [0.3, 0.4) is 0 Å². The van der Waals surface area contributed by atoms with Gasteiger partial charge in [-0.25, -0.2) is 8.42 Å². The Kier molecular flexibility index (Phi) is 8.41. The number of piperidine rings is 1. The molecule has 0 radical (unpaired) electrons. The number of benzene rings is 1. The zero-order valence-electron chi connectivity index (χ0n) is 18.9. The number of nitrogens with one attached hydrogen (secondary N) is 2. The summed E-state index contributed by atoms with van der Waals surface area (Å²) in [5.74, 6) is -0.323. The highest BCUT2D eigenvalue weighted by Crippen LogP contribution is 2.28. The summed E-state index contributed by atoms with van der Waals surface area (Å²) in [5, 5.41) is 16.8. The molecule has 2 amide bonds. The summed E-state index contributed by atoms with van der Waals surface area (Å²) in [6.45, 7) is 2.65. The molecule has 1 saturated heterocycles. The number of carbonyl (C=O) groups is 2. The van der Waals surface area contributed by atoms with Crippen molar-refractivity contribution in [2.45, 2.75) is 56.8 Å². The van der Waals surface area contributed by atoms with E-state index in [0.29, 0.717) is 31.5 Å². The van der Waals surface area contributed by atoms with Gasteiger partial charge in [-0.1, -0.05) is 25.3 Å². The van der Waals surface area contributed by atoms with E-state index in [4.69, 9.17) is 0 Å². The number of hydrogen-bond acceptors (Lipinski definition) is 6. The lowest BCUT2D eigenvalue weighted by Gasteiger charge is -2.31. The van der Waals surface area contributed by atoms with Gasteiger partial charge in [-0.2, -0.15) is 4.31 Å². The second kappa shape index (κ2) is 11.1. The van der Waals surface area contributed by atoms with Crippen LogP contribution in [0.2, 0.25) is 0 Å². The summed E-state index contributed by atoms with van der Waals surface area (Å²) in [7, 11) is -3.89. The average Bonchev–Trinajstić information content (AvgIpc) is 2.82. The molecule has 33 heavy (non-hydrogen) atoms. The Labute approximate surface area is 194 Å². The molecule has 10 nitrogen and oxygen atoms in total. The van der Waals surface area contributed by atoms with Crippen LogP contribution < -0.4 is 10.6 Å². The lowest BCUT2D eigenvalue weighted by atomic mass is 9.89. The molecule has 1 aliphatic heterocycles. The van der Waals surface area contributed by atoms with Gasteiger partial charge in [0.2, 0.25) is 21.8 Å². The van der Waals surface area contributed by atoms with Crippen molar-refractivity contribution >= 4 is 27.5 Å². The summed E-state index contributed by atoms with van der Waals surface area (Å²) >= 11 is 0. The van der Waals surface area contributed by atoms with E-state index in [0.717, 1.165) is 31.7 Å². The minimum atomic E-state index is -3.89. The van der Waals surface area contributed by atoms with Crippen molar-refractivity contribution < 1.29 is 22.9 Å². The highest BCUT2D eigenvalue weighted by molar-refractivity contribution is 7.89. The zero-order chi connectivity index (χ0) is 24.0. The van der Waals surface area contributed by atoms with Crippen molar-refractivity contribution in [2.24, 2.45) is 11.8 Å². The van der Waals surface area contributed by atoms with Crippen molar-refractivity contribution in [3.05, 3.63) is 33.9 Å². The van der Waals surface area contributed by atoms with Crippen LogP contribution >= 0.6 is 0 Å². The summed E-state index contributed by atoms with van der Waals surface area (Å²) in [6, 6.07) is 3.80. The van der Waals surface area contributed by atoms with Gasteiger partial charge in [-0.05, 0) is 38.2 Å². The number of nitro benzene ring substituents is 1. The third-order valence-electron chi connectivity index (χ3n) is 6.52. The van der Waals surface area contributed by atoms with E-state index in [9.17, 15) is 28.1 Å². The van der Waals surface area contributed by atoms with Crippen LogP contribution in [-0.2, 0) is 19.6 Å². The van der Waals surface area contributed by atoms with Crippen molar-refractivity contribution in [1.29, 1.82) is 0 Å². The molecular weight excluding hydrogens is 448 g/mol. The number of aryl methyl sites for hydroxylation is 1. The van der Waals surface area contributed by atoms with E-state index in [2.05, 4.69) is 10.6 Å². The topological polar surface area (TPSA) is 139 Å². The maximum Gasteiger partial charge on any atom is 0.270 e. The minimum Gasteiger partial charge on any atom is -0.354 e. The van der Waals surface area contributed by atoms with Crippen LogP contribution in [0.5, 0.6) is 0 Å². The van der Waals surface area contributed by atoms with E-state index in [1.54, 1.807) is 6.92 Å². The van der Waals surface area contributed by atoms with Crippen LogP contribution in [-0.4, -0.2) is 55.6 Å². The van der Waals surface area contributed by atoms with Gasteiger partial charge in [0.1, 0.15) is 0 Å². The fourth-order valence-electron chi connectivity index (χ4n) is 4.50. The van der Waals surface area contributed by atoms with Gasteiger partial charge in [-0.3, -0.25) is 19.7 Å². The number of sulfonamides is 1. The number of hydrogen-bond donors (Lipinski definition) is 2. The minimum absolute atomic E-state index is 0.0545. The molecule has 2 fully saturated rings. The predicted octanol–water partition coefficient (Wildman–Crippen LogP) is 2.12. The van der Waals surface area contributed by atoms with Gasteiger partial charge in [-0.15, -0.1) is 0 Å². The number of amides is 2. The smallest absolute Gasteiger partial charge is 0.270 e. The molecule has 2 aliphatic rings. The largest absolute Gasteiger partial charge is 0.354 e. The van der Waals surface area contributed by atoms with Crippen molar-refractivity contribution in [3.8, 4) is 0 Å². The zero-order valence-corrected chi connectivity index (χ0v) is 19.7. The molecule has 0 spiro atoms. The first-order valence-corrected chi connectivity index (χ1v) is 12.9. The third-order valence-corrected chi connectivity index (χ3v) is 8.57. The van der Waals surface area contributed by atoms with Crippen molar-refractivity contribution in [2.75, 3.05) is 26.2 Å². The monoisotopic (exact) mass is 480 g/mol. The van der Waals surface area contributed by atoms with E-state index >= 15 is 0 Å². The quantitative estimate of drug-likeness (QED) is 0.332. The van der Waals surface area contributed by atoms with Crippen LogP contribution in [0.4, 0.5) is 5.69 Å². The van der Waals surface area contributed by atoms with Crippen molar-refractivity contribution in [3.63, 3.8) is 0 Å². The molecule has 1 saturated carbocycles. The molecular formula is C22H32N4O6S. The Morgan fingerprint density at radius 1 is 1.00 bits per heavy atom. The normalized spacial score (nSPS) is 18.6. The summed E-state index contributed by atoms with van der Waals surface area (Å²) in [6.07, 6.45) is 5.95. The first kappa shape index (κ1) is 25.1. The Hall–Kier alpha value is -2.53. The molecule has 1 aromatic rings. The van der Waals surface area contributed by atoms with E-state index in [1.807, 2.05) is 0 Å². The van der Waals surface area contributed by atoms with Crippen molar-refractivity contribution in [1.82, 2.24) is 14.9 Å². The Bertz CT molecular complexity index is 983. The Balaban J connectivity index is 1.46. The molecule has 182 valence electrons. The molecule has 0 unspecified atom stereocenters. The molecule has 3 rings (SSSR count). The number of carbonyl (C=O) groups excluding carboxylic acids is 2. The highest BCUT2D eigenvalue weighted by Gasteiger charge is 2.33. The van der Waals surface area contributed by atoms with E-state index in [1.165, 1.54) is 22.9 Å². The lowest BCUT2D eigenvalue weighted by Crippen LogP contribution is -2.44. The number of rotatable bonds is 8. The molecule has 1 heterocycles. The van der Waals surface area contributed by atoms with Gasteiger partial charge in [0, 0.05) is 50.1 Å². The van der Waals surface area contributed by atoms with E-state index < -0.39 is 14.9 Å². The average molecular weight is 481 g/mol. The van der Waals surface area contributed by atoms with Gasteiger partial charge in [0.15, 0.2) is 0 Å². The molecule has 2 N–H and O–H groups in total. The highest BCUT2D eigenvalue weighted by atomic mass is 32.2. The summed E-state index contributed by atoms with van der Waals surface area (Å²) in [4.78, 5) is 35.0. The number of non-ortho nitro benzene ring substituents is 1. The summed E-state index contributed by atoms with van der Waals surface area (Å²) < 4.78 is 27.3. The fourth-order valence-corrected chi connectivity index (χ4v) is 6.22. The maximum absolute atomic E-state index is 13.0. The first-order chi connectivity index (χ1) is 15.7. The van der Waals surface area contributed by atoms with Gasteiger partial charge < -0.3 is 10.6 Å². The van der Waals surface area contributed by atoms with Crippen LogP contribution in [0.1, 0.15) is 50.5 Å². The van der Waals surface area contributed by atoms with Gasteiger partial charge in [0.05, 0.1) is 9.82 Å². The fraction of sp³-hybridized carbons (Fsp3) is 0.636. The van der Waals surface area contributed by atoms with Gasteiger partial charge in [0.25, 0.3) is 5.69 Å². The Morgan fingerprint density at radius 3 is 2.09 bits per heavy atom. The third kappa shape index (κ3) is 6.29. The first-order valence-electron chi connectivity index (χ1n) is 11.5.